The van der Waals surface area contributed by atoms with Crippen molar-refractivity contribution in [2.24, 2.45) is 11.7 Å². The molecular formula is C15H20F2N2O. The Hall–Kier alpha value is -1.49. The summed E-state index contributed by atoms with van der Waals surface area (Å²) in [6.45, 7) is 2.39. The van der Waals surface area contributed by atoms with Gasteiger partial charge in [-0.15, -0.1) is 0 Å². The molecule has 3 N–H and O–H groups in total. The Kier molecular flexibility index (Phi) is 4.38. The smallest absolute Gasteiger partial charge is 0.251 e. The molecule has 1 aliphatic rings. The molecule has 1 aromatic carbocycles. The van der Waals surface area contributed by atoms with Gasteiger partial charge in [0.05, 0.1) is 5.54 Å². The highest BCUT2D eigenvalue weighted by molar-refractivity contribution is 5.94. The van der Waals surface area contributed by atoms with Gasteiger partial charge in [0.1, 0.15) is 11.6 Å². The van der Waals surface area contributed by atoms with E-state index in [1.807, 2.05) is 0 Å². The monoisotopic (exact) mass is 282 g/mol. The third-order valence-electron chi connectivity index (χ3n) is 4.30. The number of amides is 1. The number of carbonyl (C=O) groups is 1. The number of rotatable bonds is 3. The molecule has 1 amide bonds. The average Bonchev–Trinajstić information content (AvgIpc) is 2.40. The fourth-order valence-electron chi connectivity index (χ4n) is 2.94. The number of halogens is 2. The van der Waals surface area contributed by atoms with Crippen molar-refractivity contribution < 1.29 is 13.6 Å². The first-order chi connectivity index (χ1) is 9.47. The maximum Gasteiger partial charge on any atom is 0.251 e. The van der Waals surface area contributed by atoms with Crippen LogP contribution in [0.3, 0.4) is 0 Å². The lowest BCUT2D eigenvalue weighted by molar-refractivity contribution is 0.0812. The van der Waals surface area contributed by atoms with Crippen LogP contribution in [0.2, 0.25) is 0 Å². The first-order valence-electron chi connectivity index (χ1n) is 6.95. The quantitative estimate of drug-likeness (QED) is 0.895. The molecule has 0 aromatic heterocycles. The second-order valence-corrected chi connectivity index (χ2v) is 5.62. The molecule has 1 aromatic rings. The topological polar surface area (TPSA) is 55.1 Å². The van der Waals surface area contributed by atoms with Crippen LogP contribution in [0.1, 0.15) is 43.0 Å². The molecule has 0 radical (unpaired) electrons. The molecule has 20 heavy (non-hydrogen) atoms. The van der Waals surface area contributed by atoms with E-state index in [-0.39, 0.29) is 11.5 Å². The van der Waals surface area contributed by atoms with Crippen LogP contribution in [0.5, 0.6) is 0 Å². The van der Waals surface area contributed by atoms with Crippen LogP contribution >= 0.6 is 0 Å². The Morgan fingerprint density at radius 3 is 2.55 bits per heavy atom. The Morgan fingerprint density at radius 1 is 1.35 bits per heavy atom. The third kappa shape index (κ3) is 2.98. The maximum absolute atomic E-state index is 13.2. The van der Waals surface area contributed by atoms with Gasteiger partial charge in [0.2, 0.25) is 0 Å². The molecule has 2 atom stereocenters. The summed E-state index contributed by atoms with van der Waals surface area (Å²) in [5.41, 5.74) is 5.37. The van der Waals surface area contributed by atoms with Gasteiger partial charge in [-0.3, -0.25) is 4.79 Å². The van der Waals surface area contributed by atoms with Crippen molar-refractivity contribution in [1.29, 1.82) is 0 Å². The van der Waals surface area contributed by atoms with Crippen molar-refractivity contribution in [1.82, 2.24) is 5.32 Å². The van der Waals surface area contributed by atoms with Crippen molar-refractivity contribution in [2.75, 3.05) is 6.54 Å². The van der Waals surface area contributed by atoms with E-state index in [0.717, 1.165) is 43.9 Å². The van der Waals surface area contributed by atoms with Crippen LogP contribution in [0.4, 0.5) is 8.78 Å². The lowest BCUT2D eigenvalue weighted by atomic mass is 9.73. The van der Waals surface area contributed by atoms with E-state index in [2.05, 4.69) is 12.2 Å². The van der Waals surface area contributed by atoms with Crippen LogP contribution in [0.25, 0.3) is 0 Å². The number of nitrogens with one attached hydrogen (secondary N) is 1. The molecule has 2 rings (SSSR count). The molecule has 0 heterocycles. The SMILES string of the molecule is CC1CCCCC1(CN)NC(=O)c1cc(F)cc(F)c1. The zero-order chi connectivity index (χ0) is 14.8. The number of carbonyl (C=O) groups excluding carboxylic acids is 1. The summed E-state index contributed by atoms with van der Waals surface area (Å²) in [5, 5.41) is 2.91. The van der Waals surface area contributed by atoms with Crippen molar-refractivity contribution in [3.63, 3.8) is 0 Å². The van der Waals surface area contributed by atoms with E-state index >= 15 is 0 Å². The van der Waals surface area contributed by atoms with Gasteiger partial charge in [-0.25, -0.2) is 8.78 Å². The number of hydrogen-bond donors (Lipinski definition) is 2. The summed E-state index contributed by atoms with van der Waals surface area (Å²) in [6.07, 6.45) is 3.91. The van der Waals surface area contributed by atoms with Crippen LogP contribution < -0.4 is 11.1 Å². The van der Waals surface area contributed by atoms with Crippen LogP contribution in [0, 0.1) is 17.6 Å². The Bertz CT molecular complexity index is 486. The normalized spacial score (nSPS) is 26.3. The van der Waals surface area contributed by atoms with E-state index in [4.69, 9.17) is 5.73 Å². The summed E-state index contributed by atoms with van der Waals surface area (Å²) in [7, 11) is 0. The Morgan fingerprint density at radius 2 is 2.00 bits per heavy atom. The van der Waals surface area contributed by atoms with Crippen molar-refractivity contribution >= 4 is 5.91 Å². The zero-order valence-electron chi connectivity index (χ0n) is 11.6. The van der Waals surface area contributed by atoms with Crippen molar-refractivity contribution in [3.05, 3.63) is 35.4 Å². The predicted octanol–water partition coefficient (Wildman–Crippen LogP) is 2.60. The number of hydrogen-bond acceptors (Lipinski definition) is 2. The molecule has 1 saturated carbocycles. The van der Waals surface area contributed by atoms with E-state index < -0.39 is 23.1 Å². The van der Waals surface area contributed by atoms with Gasteiger partial charge in [0.25, 0.3) is 5.91 Å². The first kappa shape index (κ1) is 14.9. The Balaban J connectivity index is 2.20. The van der Waals surface area contributed by atoms with E-state index in [1.54, 1.807) is 0 Å². The van der Waals surface area contributed by atoms with Gasteiger partial charge in [0.15, 0.2) is 0 Å². The summed E-state index contributed by atoms with van der Waals surface area (Å²) in [5.74, 6) is -1.73. The second-order valence-electron chi connectivity index (χ2n) is 5.62. The third-order valence-corrected chi connectivity index (χ3v) is 4.30. The maximum atomic E-state index is 13.2. The lowest BCUT2D eigenvalue weighted by Gasteiger charge is -2.42. The molecule has 5 heteroatoms. The standard InChI is InChI=1S/C15H20F2N2O/c1-10-4-2-3-5-15(10,9-18)19-14(20)11-6-12(16)8-13(17)7-11/h6-8,10H,2-5,9,18H2,1H3,(H,19,20). The highest BCUT2D eigenvalue weighted by atomic mass is 19.1. The van der Waals surface area contributed by atoms with Gasteiger partial charge in [-0.2, -0.15) is 0 Å². The van der Waals surface area contributed by atoms with Crippen molar-refractivity contribution in [3.8, 4) is 0 Å². The van der Waals surface area contributed by atoms with E-state index in [1.165, 1.54) is 0 Å². The van der Waals surface area contributed by atoms with E-state index in [0.29, 0.717) is 6.54 Å². The highest BCUT2D eigenvalue weighted by Crippen LogP contribution is 2.33. The molecule has 110 valence electrons. The lowest BCUT2D eigenvalue weighted by Crippen LogP contribution is -2.59. The van der Waals surface area contributed by atoms with Gasteiger partial charge >= 0.3 is 0 Å². The zero-order valence-corrected chi connectivity index (χ0v) is 11.6. The molecule has 0 aliphatic heterocycles. The molecule has 0 saturated heterocycles. The van der Waals surface area contributed by atoms with Crippen LogP contribution in [-0.4, -0.2) is 18.0 Å². The molecule has 3 nitrogen and oxygen atoms in total. The molecule has 1 fully saturated rings. The summed E-state index contributed by atoms with van der Waals surface area (Å²) in [4.78, 5) is 12.2. The van der Waals surface area contributed by atoms with Crippen LogP contribution in [0.15, 0.2) is 18.2 Å². The summed E-state index contributed by atoms with van der Waals surface area (Å²) in [6, 6.07) is 2.82. The Labute approximate surface area is 117 Å². The molecular weight excluding hydrogens is 262 g/mol. The van der Waals surface area contributed by atoms with E-state index in [9.17, 15) is 13.6 Å². The molecule has 2 unspecified atom stereocenters. The van der Waals surface area contributed by atoms with Crippen LogP contribution in [-0.2, 0) is 0 Å². The molecule has 1 aliphatic carbocycles. The fraction of sp³-hybridized carbons (Fsp3) is 0.533. The minimum Gasteiger partial charge on any atom is -0.345 e. The predicted molar refractivity (Wildman–Crippen MR) is 73.2 cm³/mol. The largest absolute Gasteiger partial charge is 0.345 e. The summed E-state index contributed by atoms with van der Waals surface area (Å²) >= 11 is 0. The number of benzene rings is 1. The van der Waals surface area contributed by atoms with Gasteiger partial charge in [-0.05, 0) is 30.9 Å². The fourth-order valence-corrected chi connectivity index (χ4v) is 2.94. The minimum absolute atomic E-state index is 0.00639. The minimum atomic E-state index is -0.756. The van der Waals surface area contributed by atoms with Gasteiger partial charge < -0.3 is 11.1 Å². The van der Waals surface area contributed by atoms with Gasteiger partial charge in [0, 0.05) is 18.2 Å². The number of nitrogens with two attached hydrogens (primary N) is 1. The molecule has 0 spiro atoms. The molecule has 0 bridgehead atoms. The average molecular weight is 282 g/mol. The summed E-state index contributed by atoms with van der Waals surface area (Å²) < 4.78 is 26.4. The van der Waals surface area contributed by atoms with Gasteiger partial charge in [-0.1, -0.05) is 19.8 Å². The highest BCUT2D eigenvalue weighted by Gasteiger charge is 2.38. The van der Waals surface area contributed by atoms with Crippen molar-refractivity contribution in [2.45, 2.75) is 38.1 Å². The second kappa shape index (κ2) is 5.87. The first-order valence-corrected chi connectivity index (χ1v) is 6.95.